The van der Waals surface area contributed by atoms with Gasteiger partial charge in [-0.1, -0.05) is 452 Å². The second-order valence-corrected chi connectivity index (χ2v) is 37.0. The molecule has 666 valence electrons. The molecule has 0 saturated heterocycles. The van der Waals surface area contributed by atoms with Gasteiger partial charge >= 0.3 is 39.5 Å². The zero-order valence-electron chi connectivity index (χ0n) is 74.0. The topological polar surface area (TPSA) is 237 Å². The molecular weight excluding hydrogens is 1450 g/mol. The summed E-state index contributed by atoms with van der Waals surface area (Å²) in [6, 6.07) is 0. The molecule has 3 unspecified atom stereocenters. The van der Waals surface area contributed by atoms with E-state index in [1.54, 1.807) is 0 Å². The fourth-order valence-electron chi connectivity index (χ4n) is 14.6. The van der Waals surface area contributed by atoms with Crippen LogP contribution in [0.1, 0.15) is 504 Å². The predicted octanol–water partition coefficient (Wildman–Crippen LogP) is 29.0. The maximum Gasteiger partial charge on any atom is 0.472 e. The van der Waals surface area contributed by atoms with E-state index in [-0.39, 0.29) is 25.7 Å². The molecule has 17 nitrogen and oxygen atoms in total. The average molecular weight is 1630 g/mol. The zero-order chi connectivity index (χ0) is 82.0. The van der Waals surface area contributed by atoms with Gasteiger partial charge in [-0.3, -0.25) is 37.3 Å². The Morgan fingerprint density at radius 3 is 0.679 bits per heavy atom. The predicted molar refractivity (Wildman–Crippen MR) is 465 cm³/mol. The van der Waals surface area contributed by atoms with E-state index in [1.165, 1.54) is 321 Å². The molecule has 6 atom stereocenters. The lowest BCUT2D eigenvalue weighted by Gasteiger charge is -2.21. The number of phosphoric ester groups is 2. The molecule has 0 saturated carbocycles. The maximum atomic E-state index is 13.2. The van der Waals surface area contributed by atoms with Gasteiger partial charge in [0.15, 0.2) is 12.2 Å². The van der Waals surface area contributed by atoms with Crippen molar-refractivity contribution in [2.45, 2.75) is 522 Å². The van der Waals surface area contributed by atoms with Crippen LogP contribution in [-0.4, -0.2) is 96.7 Å². The first-order valence-electron chi connectivity index (χ1n) is 48.0. The quantitative estimate of drug-likeness (QED) is 0.0222. The fourth-order valence-corrected chi connectivity index (χ4v) is 16.2. The number of aliphatic hydroxyl groups excluding tert-OH is 1. The molecule has 0 heterocycles. The fraction of sp³-hybridized carbons (Fsp3) is 0.957. The molecule has 0 aliphatic carbocycles. The SMILES string of the molecule is CCCCCCCCCCCCCCCCCCCCCCC(=O)OC[C@H](COP(=O)(O)OC[C@@H](O)COP(=O)(O)OC[C@@H](COC(=O)CCCCCCCCCCCCC)OC(=O)CCCCCCCCCCCCCCCCCCC(C)C)OC(=O)CCCCCCCCCCCCCCCCCCCCC(C)CC. The standard InChI is InChI=1S/C93H182O17P2/c1-7-10-12-14-16-18-20-21-22-23-24-25-29-35-40-46-52-58-64-70-76-91(96)104-82-89(110-93(98)77-71-65-59-53-47-41-36-30-27-26-28-34-39-45-50-56-62-68-74-86(6)9-3)84-108-112(101,102)106-80-87(94)79-105-111(99,100)107-83-88(81-103-90(95)75-69-63-57-51-43-19-17-15-13-11-8-2)109-92(97)78-72-66-60-54-48-42-37-32-31-33-38-44-49-55-61-67-73-85(4)5/h85-89,94H,7-84H2,1-6H3,(H,99,100)(H,101,102)/t86?,87-,88+,89+/m0/s1. The lowest BCUT2D eigenvalue weighted by atomic mass is 9.99. The van der Waals surface area contributed by atoms with E-state index in [0.717, 1.165) is 102 Å². The van der Waals surface area contributed by atoms with E-state index < -0.39 is 97.5 Å². The van der Waals surface area contributed by atoms with Crippen molar-refractivity contribution in [2.75, 3.05) is 39.6 Å². The van der Waals surface area contributed by atoms with Crippen LogP contribution in [-0.2, 0) is 65.4 Å². The zero-order valence-corrected chi connectivity index (χ0v) is 75.8. The van der Waals surface area contributed by atoms with Gasteiger partial charge in [-0.05, 0) is 37.5 Å². The third kappa shape index (κ3) is 84.5. The third-order valence-corrected chi connectivity index (χ3v) is 24.2. The molecule has 0 aromatic rings. The van der Waals surface area contributed by atoms with Crippen molar-refractivity contribution >= 4 is 39.5 Å². The number of unbranched alkanes of at least 4 members (excludes halogenated alkanes) is 61. The highest BCUT2D eigenvalue weighted by Gasteiger charge is 2.31. The number of hydrogen-bond donors (Lipinski definition) is 3. The van der Waals surface area contributed by atoms with E-state index in [9.17, 15) is 43.2 Å². The highest BCUT2D eigenvalue weighted by atomic mass is 31.2. The highest BCUT2D eigenvalue weighted by molar-refractivity contribution is 7.47. The molecule has 0 spiro atoms. The summed E-state index contributed by atoms with van der Waals surface area (Å²) in [4.78, 5) is 73.5. The molecule has 0 aromatic carbocycles. The Morgan fingerprint density at radius 1 is 0.259 bits per heavy atom. The molecule has 0 rings (SSSR count). The van der Waals surface area contributed by atoms with E-state index in [2.05, 4.69) is 41.5 Å². The van der Waals surface area contributed by atoms with Gasteiger partial charge in [0.1, 0.15) is 19.3 Å². The molecule has 19 heteroatoms. The highest BCUT2D eigenvalue weighted by Crippen LogP contribution is 2.45. The van der Waals surface area contributed by atoms with Gasteiger partial charge in [-0.25, -0.2) is 9.13 Å². The molecule has 0 fully saturated rings. The average Bonchev–Trinajstić information content (AvgIpc) is 0.898. The van der Waals surface area contributed by atoms with E-state index in [1.807, 2.05) is 0 Å². The number of ether oxygens (including phenoxy) is 4. The molecule has 0 bridgehead atoms. The second kappa shape index (κ2) is 84.1. The maximum absolute atomic E-state index is 13.2. The van der Waals surface area contributed by atoms with Crippen molar-refractivity contribution in [3.63, 3.8) is 0 Å². The van der Waals surface area contributed by atoms with Gasteiger partial charge < -0.3 is 33.8 Å². The van der Waals surface area contributed by atoms with Crippen molar-refractivity contribution in [3.8, 4) is 0 Å². The van der Waals surface area contributed by atoms with Crippen molar-refractivity contribution in [2.24, 2.45) is 11.8 Å². The summed E-state index contributed by atoms with van der Waals surface area (Å²) in [7, 11) is -9.94. The number of carbonyl (C=O) groups excluding carboxylic acids is 4. The summed E-state index contributed by atoms with van der Waals surface area (Å²) >= 11 is 0. The lowest BCUT2D eigenvalue weighted by Crippen LogP contribution is -2.30. The summed E-state index contributed by atoms with van der Waals surface area (Å²) in [6.07, 6.45) is 79.2. The molecule has 0 aliphatic rings. The van der Waals surface area contributed by atoms with Crippen LogP contribution in [0.15, 0.2) is 0 Å². The molecule has 0 aliphatic heterocycles. The van der Waals surface area contributed by atoms with Crippen LogP contribution in [0, 0.1) is 11.8 Å². The van der Waals surface area contributed by atoms with Gasteiger partial charge in [-0.15, -0.1) is 0 Å². The summed E-state index contributed by atoms with van der Waals surface area (Å²) in [5.41, 5.74) is 0. The van der Waals surface area contributed by atoms with Crippen molar-refractivity contribution < 1.29 is 80.2 Å². The molecule has 0 amide bonds. The van der Waals surface area contributed by atoms with Crippen molar-refractivity contribution in [1.82, 2.24) is 0 Å². The van der Waals surface area contributed by atoms with E-state index in [4.69, 9.17) is 37.0 Å². The normalized spacial score (nSPS) is 13.9. The summed E-state index contributed by atoms with van der Waals surface area (Å²) in [5, 5.41) is 10.7. The van der Waals surface area contributed by atoms with E-state index >= 15 is 0 Å². The first kappa shape index (κ1) is 110. The first-order chi connectivity index (χ1) is 54.4. The summed E-state index contributed by atoms with van der Waals surface area (Å²) in [6.45, 7) is 9.81. The monoisotopic (exact) mass is 1630 g/mol. The minimum absolute atomic E-state index is 0.109. The Labute approximate surface area is 689 Å². The Kier molecular flexibility index (Phi) is 82.6. The smallest absolute Gasteiger partial charge is 0.462 e. The Hall–Kier alpha value is -1.94. The molecule has 0 radical (unpaired) electrons. The van der Waals surface area contributed by atoms with Crippen LogP contribution in [0.4, 0.5) is 0 Å². The number of hydrogen-bond acceptors (Lipinski definition) is 15. The number of carbonyl (C=O) groups is 4. The van der Waals surface area contributed by atoms with Gasteiger partial charge in [0.05, 0.1) is 26.4 Å². The third-order valence-electron chi connectivity index (χ3n) is 22.3. The number of esters is 4. The summed E-state index contributed by atoms with van der Waals surface area (Å²) in [5.74, 6) is -0.412. The minimum Gasteiger partial charge on any atom is -0.462 e. The molecule has 112 heavy (non-hydrogen) atoms. The number of aliphatic hydroxyl groups is 1. The number of rotatable bonds is 92. The van der Waals surface area contributed by atoms with Crippen LogP contribution in [0.25, 0.3) is 0 Å². The van der Waals surface area contributed by atoms with Crippen LogP contribution >= 0.6 is 15.6 Å². The van der Waals surface area contributed by atoms with Gasteiger partial charge in [0.2, 0.25) is 0 Å². The molecule has 3 N–H and O–H groups in total. The Morgan fingerprint density at radius 2 is 0.455 bits per heavy atom. The first-order valence-corrected chi connectivity index (χ1v) is 51.0. The van der Waals surface area contributed by atoms with Gasteiger partial charge in [0, 0.05) is 25.7 Å². The van der Waals surface area contributed by atoms with Gasteiger partial charge in [-0.2, -0.15) is 0 Å². The Balaban J connectivity index is 5.23. The largest absolute Gasteiger partial charge is 0.472 e. The van der Waals surface area contributed by atoms with Crippen LogP contribution in [0.3, 0.4) is 0 Å². The number of phosphoric acid groups is 2. The molecule has 0 aromatic heterocycles. The van der Waals surface area contributed by atoms with Crippen molar-refractivity contribution in [1.29, 1.82) is 0 Å². The van der Waals surface area contributed by atoms with E-state index in [0.29, 0.717) is 25.7 Å². The van der Waals surface area contributed by atoms with Crippen LogP contribution in [0.5, 0.6) is 0 Å². The minimum atomic E-state index is -4.97. The summed E-state index contributed by atoms with van der Waals surface area (Å²) < 4.78 is 69.1. The Bertz CT molecular complexity index is 2130. The van der Waals surface area contributed by atoms with Crippen LogP contribution in [0.2, 0.25) is 0 Å². The van der Waals surface area contributed by atoms with Crippen molar-refractivity contribution in [3.05, 3.63) is 0 Å². The second-order valence-electron chi connectivity index (χ2n) is 34.1. The van der Waals surface area contributed by atoms with Gasteiger partial charge in [0.25, 0.3) is 0 Å². The lowest BCUT2D eigenvalue weighted by molar-refractivity contribution is -0.161. The molecular formula is C93H182O17P2. The van der Waals surface area contributed by atoms with Crippen LogP contribution < -0.4 is 0 Å².